The topological polar surface area (TPSA) is 123 Å². The molecular weight excluding hydrogens is 519 g/mol. The first-order chi connectivity index (χ1) is 16.9. The van der Waals surface area contributed by atoms with Gasteiger partial charge in [-0.1, -0.05) is 29.3 Å². The quantitative estimate of drug-likeness (QED) is 0.505. The summed E-state index contributed by atoms with van der Waals surface area (Å²) in [7, 11) is 0. The van der Waals surface area contributed by atoms with E-state index in [0.29, 0.717) is 45.3 Å². The van der Waals surface area contributed by atoms with Gasteiger partial charge in [0.15, 0.2) is 17.1 Å². The second-order valence-electron chi connectivity index (χ2n) is 7.50. The largest absolute Gasteiger partial charge is 0.507 e. The van der Waals surface area contributed by atoms with Gasteiger partial charge in [0.05, 0.1) is 25.4 Å². The molecule has 0 amide bonds. The number of rotatable bonds is 7. The summed E-state index contributed by atoms with van der Waals surface area (Å²) in [6.07, 6.45) is -0.617. The summed E-state index contributed by atoms with van der Waals surface area (Å²) in [5.74, 6) is -0.125. The number of carboxylic acid groups (broad SMARTS) is 1. The van der Waals surface area contributed by atoms with Gasteiger partial charge in [-0.25, -0.2) is 14.6 Å². The molecule has 1 fully saturated rings. The monoisotopic (exact) mass is 540 g/mol. The average Bonchev–Trinajstić information content (AvgIpc) is 3.35. The molecule has 0 saturated carbocycles. The van der Waals surface area contributed by atoms with E-state index in [1.54, 1.807) is 36.2 Å². The molecule has 2 aliphatic heterocycles. The third-order valence-corrected chi connectivity index (χ3v) is 6.64. The number of halogens is 2. The molecule has 1 aromatic heterocycles. The Morgan fingerprint density at radius 3 is 2.89 bits per heavy atom. The molecule has 35 heavy (non-hydrogen) atoms. The van der Waals surface area contributed by atoms with Crippen LogP contribution in [-0.2, 0) is 19.0 Å². The summed E-state index contributed by atoms with van der Waals surface area (Å²) in [5.41, 5.74) is 1.28. The number of aliphatic imine (C=N–C) groups is 1. The predicted octanol–water partition coefficient (Wildman–Crippen LogP) is 3.71. The zero-order valence-corrected chi connectivity index (χ0v) is 20.9. The van der Waals surface area contributed by atoms with Gasteiger partial charge in [0.2, 0.25) is 0 Å². The van der Waals surface area contributed by atoms with Gasteiger partial charge in [0, 0.05) is 46.0 Å². The van der Waals surface area contributed by atoms with E-state index >= 15 is 0 Å². The van der Waals surface area contributed by atoms with Crippen molar-refractivity contribution in [2.24, 2.45) is 4.99 Å². The number of carbonyl (C=O) groups excluding carboxylic acids is 1. The summed E-state index contributed by atoms with van der Waals surface area (Å²) in [6.45, 7) is 2.83. The number of amidine groups is 1. The number of morpholine rings is 1. The fraction of sp³-hybridized carbons (Fsp3) is 0.364. The predicted molar refractivity (Wildman–Crippen MR) is 130 cm³/mol. The van der Waals surface area contributed by atoms with Crippen molar-refractivity contribution in [2.75, 3.05) is 32.9 Å². The van der Waals surface area contributed by atoms with Crippen molar-refractivity contribution in [3.63, 3.8) is 0 Å². The zero-order chi connectivity index (χ0) is 24.9. The van der Waals surface area contributed by atoms with Crippen LogP contribution in [0.1, 0.15) is 23.5 Å². The molecule has 3 heterocycles. The molecule has 186 valence electrons. The van der Waals surface area contributed by atoms with Crippen molar-refractivity contribution in [3.05, 3.63) is 61.7 Å². The summed E-state index contributed by atoms with van der Waals surface area (Å²) < 4.78 is 15.8. The van der Waals surface area contributed by atoms with E-state index in [1.165, 1.54) is 11.3 Å². The van der Waals surface area contributed by atoms with Gasteiger partial charge in [-0.15, -0.1) is 11.3 Å². The van der Waals surface area contributed by atoms with E-state index in [-0.39, 0.29) is 25.3 Å². The summed E-state index contributed by atoms with van der Waals surface area (Å²) in [5, 5.41) is 15.6. The van der Waals surface area contributed by atoms with Crippen LogP contribution in [0.3, 0.4) is 0 Å². The number of nitrogens with zero attached hydrogens (tertiary/aromatic N) is 3. The number of aromatic nitrogens is 1. The Bertz CT molecular complexity index is 1160. The third kappa shape index (κ3) is 5.93. The number of benzene rings is 1. The number of nitrogens with one attached hydrogen (secondary N) is 1. The van der Waals surface area contributed by atoms with Crippen molar-refractivity contribution in [1.29, 1.82) is 0 Å². The molecule has 0 bridgehead atoms. The van der Waals surface area contributed by atoms with Crippen molar-refractivity contribution in [3.8, 4) is 0 Å². The smallest absolute Gasteiger partial charge is 0.463 e. The fourth-order valence-electron chi connectivity index (χ4n) is 3.79. The van der Waals surface area contributed by atoms with Crippen molar-refractivity contribution < 1.29 is 28.9 Å². The highest BCUT2D eigenvalue weighted by Gasteiger charge is 2.36. The van der Waals surface area contributed by atoms with Crippen LogP contribution < -0.4 is 5.32 Å². The average molecular weight is 541 g/mol. The number of carbonyl (C=O) groups is 2. The summed E-state index contributed by atoms with van der Waals surface area (Å²) in [4.78, 5) is 35.3. The second-order valence-corrected chi connectivity index (χ2v) is 9.24. The zero-order valence-electron chi connectivity index (χ0n) is 18.6. The lowest BCUT2D eigenvalue weighted by Gasteiger charge is -2.36. The molecule has 0 spiro atoms. The SMILES string of the molecule is CCOC(=O)C1=C(CN2CCOC[C@@H]2OC(=O)O)NC(c2nccs2)=N[C@H]1c1ccc(Cl)cc1Cl. The van der Waals surface area contributed by atoms with Crippen molar-refractivity contribution in [1.82, 2.24) is 15.2 Å². The number of hydrogen-bond donors (Lipinski definition) is 2. The minimum Gasteiger partial charge on any atom is -0.463 e. The standard InChI is InChI=1S/C22H22Cl2N4O6S/c1-2-33-21(29)17-15(10-28-6-7-32-11-16(28)34-22(30)31)26-19(20-25-5-8-35-20)27-18(17)13-4-3-12(23)9-14(13)24/h3-5,8-9,16,18H,2,6-7,10-11H2,1H3,(H,26,27)(H,30,31)/t16-,18-/m0/s1. The summed E-state index contributed by atoms with van der Waals surface area (Å²) >= 11 is 14.0. The Kier molecular flexibility index (Phi) is 8.24. The van der Waals surface area contributed by atoms with Crippen molar-refractivity contribution >= 4 is 52.5 Å². The first-order valence-corrected chi connectivity index (χ1v) is 12.3. The van der Waals surface area contributed by atoms with Gasteiger partial charge in [-0.2, -0.15) is 0 Å². The number of hydrogen-bond acceptors (Lipinski definition) is 10. The number of ether oxygens (including phenoxy) is 3. The normalized spacial score (nSPS) is 20.7. The van der Waals surface area contributed by atoms with Crippen LogP contribution in [-0.4, -0.2) is 72.1 Å². The van der Waals surface area contributed by atoms with E-state index in [2.05, 4.69) is 10.3 Å². The minimum absolute atomic E-state index is 0.0637. The lowest BCUT2D eigenvalue weighted by Crippen LogP contribution is -2.50. The van der Waals surface area contributed by atoms with E-state index in [9.17, 15) is 9.59 Å². The highest BCUT2D eigenvalue weighted by atomic mass is 35.5. The molecule has 1 aromatic carbocycles. The molecule has 10 nitrogen and oxygen atoms in total. The molecule has 0 unspecified atom stereocenters. The van der Waals surface area contributed by atoms with Crippen LogP contribution >= 0.6 is 34.5 Å². The van der Waals surface area contributed by atoms with E-state index in [4.69, 9.17) is 47.5 Å². The lowest BCUT2D eigenvalue weighted by molar-refractivity contribution is -0.139. The maximum Gasteiger partial charge on any atom is 0.507 e. The Balaban J connectivity index is 1.81. The van der Waals surface area contributed by atoms with Crippen LogP contribution in [0.4, 0.5) is 4.79 Å². The number of esters is 1. The molecule has 2 N–H and O–H groups in total. The van der Waals surface area contributed by atoms with Gasteiger partial charge in [0.25, 0.3) is 0 Å². The van der Waals surface area contributed by atoms with Gasteiger partial charge >= 0.3 is 12.1 Å². The van der Waals surface area contributed by atoms with Crippen LogP contribution in [0.2, 0.25) is 10.0 Å². The van der Waals surface area contributed by atoms with Gasteiger partial charge in [-0.05, 0) is 19.1 Å². The Hall–Kier alpha value is -2.70. The molecule has 0 aliphatic carbocycles. The number of thiazole rings is 1. The van der Waals surface area contributed by atoms with Crippen LogP contribution in [0.5, 0.6) is 0 Å². The first kappa shape index (κ1) is 25.4. The fourth-order valence-corrected chi connectivity index (χ4v) is 4.89. The molecule has 2 aliphatic rings. The maximum absolute atomic E-state index is 13.2. The Morgan fingerprint density at radius 2 is 2.20 bits per heavy atom. The molecule has 1 saturated heterocycles. The molecule has 2 aromatic rings. The maximum atomic E-state index is 13.2. The molecule has 13 heteroatoms. The third-order valence-electron chi connectivity index (χ3n) is 5.30. The Labute approximate surface area is 215 Å². The molecule has 4 rings (SSSR count). The van der Waals surface area contributed by atoms with E-state index in [0.717, 1.165) is 0 Å². The van der Waals surface area contributed by atoms with Gasteiger partial charge in [-0.3, -0.25) is 9.89 Å². The van der Waals surface area contributed by atoms with Crippen molar-refractivity contribution in [2.45, 2.75) is 19.2 Å². The lowest BCUT2D eigenvalue weighted by atomic mass is 9.95. The van der Waals surface area contributed by atoms with Crippen LogP contribution in [0.15, 0.2) is 46.0 Å². The van der Waals surface area contributed by atoms with Gasteiger partial charge < -0.3 is 24.6 Å². The van der Waals surface area contributed by atoms with Crippen LogP contribution in [0, 0.1) is 0 Å². The molecule has 0 radical (unpaired) electrons. The van der Waals surface area contributed by atoms with E-state index in [1.807, 2.05) is 5.38 Å². The summed E-state index contributed by atoms with van der Waals surface area (Å²) in [6, 6.07) is 4.16. The second kappa shape index (κ2) is 11.4. The highest BCUT2D eigenvalue weighted by Crippen LogP contribution is 2.37. The van der Waals surface area contributed by atoms with E-state index < -0.39 is 24.4 Å². The van der Waals surface area contributed by atoms with Gasteiger partial charge in [0.1, 0.15) is 6.04 Å². The Morgan fingerprint density at radius 1 is 1.37 bits per heavy atom. The molecular formula is C22H22Cl2N4O6S. The van der Waals surface area contributed by atoms with Crippen LogP contribution in [0.25, 0.3) is 0 Å². The molecule has 2 atom stereocenters. The highest BCUT2D eigenvalue weighted by molar-refractivity contribution is 7.11. The minimum atomic E-state index is -1.42. The first-order valence-electron chi connectivity index (χ1n) is 10.7.